The third-order valence-electron chi connectivity index (χ3n) is 2.38. The van der Waals surface area contributed by atoms with Gasteiger partial charge in [-0.15, -0.1) is 11.3 Å². The summed E-state index contributed by atoms with van der Waals surface area (Å²) in [5.41, 5.74) is 1.12. The minimum absolute atomic E-state index is 0.194. The number of rotatable bonds is 3. The molecule has 0 bridgehead atoms. The second-order valence-electron chi connectivity index (χ2n) is 3.76. The SMILES string of the molecule is Cc1nc(C(C)Nc2ccccn2)c(C)s1. The Labute approximate surface area is 99.6 Å². The standard InChI is InChI=1S/C12H15N3S/c1-8(12-9(2)16-10(3)15-12)14-11-6-4-5-7-13-11/h4-8H,1-3H3,(H,13,14). The van der Waals surface area contributed by atoms with Gasteiger partial charge < -0.3 is 5.32 Å². The molecule has 1 atom stereocenters. The van der Waals surface area contributed by atoms with Crippen LogP contribution in [0.1, 0.15) is 28.5 Å². The van der Waals surface area contributed by atoms with Gasteiger partial charge in [0.25, 0.3) is 0 Å². The van der Waals surface area contributed by atoms with E-state index in [0.717, 1.165) is 16.5 Å². The Bertz CT molecular complexity index is 464. The van der Waals surface area contributed by atoms with Gasteiger partial charge in [0.05, 0.1) is 16.7 Å². The van der Waals surface area contributed by atoms with Gasteiger partial charge in [0.15, 0.2) is 0 Å². The zero-order chi connectivity index (χ0) is 11.5. The van der Waals surface area contributed by atoms with Crippen molar-refractivity contribution in [2.24, 2.45) is 0 Å². The lowest BCUT2D eigenvalue weighted by molar-refractivity contribution is 0.830. The molecular weight excluding hydrogens is 218 g/mol. The number of anilines is 1. The lowest BCUT2D eigenvalue weighted by Crippen LogP contribution is -2.09. The van der Waals surface area contributed by atoms with Crippen LogP contribution in [0, 0.1) is 13.8 Å². The van der Waals surface area contributed by atoms with E-state index in [1.165, 1.54) is 4.88 Å². The van der Waals surface area contributed by atoms with E-state index in [2.05, 4.69) is 29.1 Å². The number of hydrogen-bond donors (Lipinski definition) is 1. The molecule has 2 rings (SSSR count). The van der Waals surface area contributed by atoms with Gasteiger partial charge in [0.1, 0.15) is 5.82 Å². The fourth-order valence-electron chi connectivity index (χ4n) is 1.69. The van der Waals surface area contributed by atoms with Crippen LogP contribution in [-0.4, -0.2) is 9.97 Å². The number of aryl methyl sites for hydroxylation is 2. The van der Waals surface area contributed by atoms with Crippen molar-refractivity contribution < 1.29 is 0 Å². The molecule has 0 amide bonds. The monoisotopic (exact) mass is 233 g/mol. The molecule has 2 aromatic heterocycles. The van der Waals surface area contributed by atoms with E-state index < -0.39 is 0 Å². The first-order valence-corrected chi connectivity index (χ1v) is 6.10. The van der Waals surface area contributed by atoms with Crippen molar-refractivity contribution in [3.63, 3.8) is 0 Å². The van der Waals surface area contributed by atoms with Crippen LogP contribution in [0.2, 0.25) is 0 Å². The second kappa shape index (κ2) is 4.61. The van der Waals surface area contributed by atoms with Crippen LogP contribution in [0.5, 0.6) is 0 Å². The summed E-state index contributed by atoms with van der Waals surface area (Å²) in [7, 11) is 0. The van der Waals surface area contributed by atoms with E-state index >= 15 is 0 Å². The summed E-state index contributed by atoms with van der Waals surface area (Å²) in [5.74, 6) is 0.889. The van der Waals surface area contributed by atoms with Crippen molar-refractivity contribution in [3.8, 4) is 0 Å². The number of thiazole rings is 1. The van der Waals surface area contributed by atoms with Gasteiger partial charge in [0.2, 0.25) is 0 Å². The highest BCUT2D eigenvalue weighted by Gasteiger charge is 2.12. The fourth-order valence-corrected chi connectivity index (χ4v) is 2.60. The summed E-state index contributed by atoms with van der Waals surface area (Å²) in [5, 5.41) is 4.46. The zero-order valence-corrected chi connectivity index (χ0v) is 10.5. The topological polar surface area (TPSA) is 37.8 Å². The average molecular weight is 233 g/mol. The van der Waals surface area contributed by atoms with E-state index in [1.807, 2.05) is 25.1 Å². The molecule has 3 nitrogen and oxygen atoms in total. The molecule has 0 saturated heterocycles. The maximum Gasteiger partial charge on any atom is 0.126 e. The summed E-state index contributed by atoms with van der Waals surface area (Å²) in [6.07, 6.45) is 1.79. The predicted octanol–water partition coefficient (Wildman–Crippen LogP) is 3.33. The van der Waals surface area contributed by atoms with Crippen molar-refractivity contribution in [2.45, 2.75) is 26.8 Å². The number of nitrogens with one attached hydrogen (secondary N) is 1. The third-order valence-corrected chi connectivity index (χ3v) is 3.28. The van der Waals surface area contributed by atoms with Gasteiger partial charge in [-0.2, -0.15) is 0 Å². The molecule has 1 unspecified atom stereocenters. The molecule has 0 aliphatic carbocycles. The van der Waals surface area contributed by atoms with E-state index in [-0.39, 0.29) is 6.04 Å². The van der Waals surface area contributed by atoms with Crippen molar-refractivity contribution >= 4 is 17.2 Å². The van der Waals surface area contributed by atoms with Crippen LogP contribution in [0.3, 0.4) is 0 Å². The maximum absolute atomic E-state index is 4.53. The minimum Gasteiger partial charge on any atom is -0.362 e. The molecule has 4 heteroatoms. The maximum atomic E-state index is 4.53. The highest BCUT2D eigenvalue weighted by atomic mass is 32.1. The molecule has 0 fully saturated rings. The highest BCUT2D eigenvalue weighted by Crippen LogP contribution is 2.24. The quantitative estimate of drug-likeness (QED) is 0.883. The smallest absolute Gasteiger partial charge is 0.126 e. The van der Waals surface area contributed by atoms with E-state index in [9.17, 15) is 0 Å². The molecule has 0 radical (unpaired) electrons. The number of pyridine rings is 1. The number of nitrogens with zero attached hydrogens (tertiary/aromatic N) is 2. The van der Waals surface area contributed by atoms with Gasteiger partial charge >= 0.3 is 0 Å². The first-order chi connectivity index (χ1) is 7.66. The molecule has 2 aromatic rings. The number of hydrogen-bond acceptors (Lipinski definition) is 4. The van der Waals surface area contributed by atoms with E-state index in [4.69, 9.17) is 0 Å². The van der Waals surface area contributed by atoms with Crippen LogP contribution < -0.4 is 5.32 Å². The molecule has 0 aromatic carbocycles. The molecule has 0 spiro atoms. The summed E-state index contributed by atoms with van der Waals surface area (Å²) >= 11 is 1.74. The Morgan fingerprint density at radius 3 is 2.69 bits per heavy atom. The van der Waals surface area contributed by atoms with Gasteiger partial charge in [0, 0.05) is 11.1 Å². The first-order valence-electron chi connectivity index (χ1n) is 5.28. The second-order valence-corrected chi connectivity index (χ2v) is 5.16. The van der Waals surface area contributed by atoms with Gasteiger partial charge in [-0.3, -0.25) is 0 Å². The minimum atomic E-state index is 0.194. The predicted molar refractivity (Wildman–Crippen MR) is 67.9 cm³/mol. The molecule has 0 saturated carbocycles. The zero-order valence-electron chi connectivity index (χ0n) is 9.69. The summed E-state index contributed by atoms with van der Waals surface area (Å²) < 4.78 is 0. The third kappa shape index (κ3) is 2.39. The summed E-state index contributed by atoms with van der Waals surface area (Å²) in [4.78, 5) is 10.1. The van der Waals surface area contributed by atoms with Crippen molar-refractivity contribution in [3.05, 3.63) is 40.0 Å². The molecule has 0 aliphatic heterocycles. The summed E-state index contributed by atoms with van der Waals surface area (Å²) in [6.45, 7) is 6.25. The van der Waals surface area contributed by atoms with Crippen LogP contribution in [0.4, 0.5) is 5.82 Å². The Balaban J connectivity index is 2.14. The largest absolute Gasteiger partial charge is 0.362 e. The van der Waals surface area contributed by atoms with Crippen LogP contribution in [0.15, 0.2) is 24.4 Å². The Hall–Kier alpha value is -1.42. The highest BCUT2D eigenvalue weighted by molar-refractivity contribution is 7.11. The Morgan fingerprint density at radius 2 is 2.12 bits per heavy atom. The van der Waals surface area contributed by atoms with Crippen molar-refractivity contribution in [1.29, 1.82) is 0 Å². The van der Waals surface area contributed by atoms with E-state index in [0.29, 0.717) is 0 Å². The Kier molecular flexibility index (Phi) is 3.19. The van der Waals surface area contributed by atoms with Crippen molar-refractivity contribution in [1.82, 2.24) is 9.97 Å². The molecule has 1 N–H and O–H groups in total. The number of aromatic nitrogens is 2. The van der Waals surface area contributed by atoms with Crippen LogP contribution in [-0.2, 0) is 0 Å². The van der Waals surface area contributed by atoms with E-state index in [1.54, 1.807) is 17.5 Å². The lowest BCUT2D eigenvalue weighted by Gasteiger charge is -2.12. The normalized spacial score (nSPS) is 12.4. The van der Waals surface area contributed by atoms with Crippen LogP contribution in [0.25, 0.3) is 0 Å². The summed E-state index contributed by atoms with van der Waals surface area (Å²) in [6, 6.07) is 6.04. The first kappa shape index (κ1) is 11.1. The van der Waals surface area contributed by atoms with Crippen LogP contribution >= 0.6 is 11.3 Å². The van der Waals surface area contributed by atoms with Gasteiger partial charge in [-0.1, -0.05) is 6.07 Å². The molecular formula is C12H15N3S. The van der Waals surface area contributed by atoms with Gasteiger partial charge in [-0.05, 0) is 32.9 Å². The molecule has 0 aliphatic rings. The van der Waals surface area contributed by atoms with Crippen molar-refractivity contribution in [2.75, 3.05) is 5.32 Å². The van der Waals surface area contributed by atoms with Gasteiger partial charge in [-0.25, -0.2) is 9.97 Å². The average Bonchev–Trinajstić information content (AvgIpc) is 2.59. The Morgan fingerprint density at radius 1 is 1.31 bits per heavy atom. The molecule has 2 heterocycles. The molecule has 84 valence electrons. The lowest BCUT2D eigenvalue weighted by atomic mass is 10.2. The fraction of sp³-hybridized carbons (Fsp3) is 0.333. The molecule has 16 heavy (non-hydrogen) atoms.